The largest absolute Gasteiger partial charge is 0.497 e. The second-order valence-corrected chi connectivity index (χ2v) is 7.31. The van der Waals surface area contributed by atoms with Crippen LogP contribution in [0.4, 0.5) is 13.2 Å². The van der Waals surface area contributed by atoms with Crippen molar-refractivity contribution in [3.8, 4) is 34.1 Å². The number of rotatable bonds is 7. The quantitative estimate of drug-likeness (QED) is 0.371. The average molecular weight is 467 g/mol. The summed E-state index contributed by atoms with van der Waals surface area (Å²) in [5.41, 5.74) is 2.50. The van der Waals surface area contributed by atoms with Crippen molar-refractivity contribution in [1.82, 2.24) is 15.3 Å². The number of hydrogen-bond donors (Lipinski definition) is 2. The lowest BCUT2D eigenvalue weighted by molar-refractivity contribution is 0.0945. The number of methoxy groups -OCH3 is 2. The van der Waals surface area contributed by atoms with Crippen LogP contribution in [-0.2, 0) is 6.54 Å². The van der Waals surface area contributed by atoms with Gasteiger partial charge in [-0.25, -0.2) is 18.2 Å². The summed E-state index contributed by atoms with van der Waals surface area (Å²) in [5, 5.41) is 2.49. The molecule has 0 saturated carbocycles. The Hall–Kier alpha value is -4.27. The molecule has 4 aromatic rings. The summed E-state index contributed by atoms with van der Waals surface area (Å²) in [6.07, 6.45) is 1.69. The summed E-state index contributed by atoms with van der Waals surface area (Å²) >= 11 is 0. The van der Waals surface area contributed by atoms with E-state index in [0.29, 0.717) is 23.4 Å². The Bertz CT molecular complexity index is 1340. The Morgan fingerprint density at radius 1 is 0.971 bits per heavy atom. The van der Waals surface area contributed by atoms with Gasteiger partial charge in [-0.1, -0.05) is 24.3 Å². The lowest BCUT2D eigenvalue weighted by Gasteiger charge is -2.09. The summed E-state index contributed by atoms with van der Waals surface area (Å²) in [7, 11) is 3.17. The van der Waals surface area contributed by atoms with Gasteiger partial charge in [-0.15, -0.1) is 0 Å². The molecule has 0 saturated heterocycles. The number of ether oxygens (including phenoxy) is 2. The summed E-state index contributed by atoms with van der Waals surface area (Å²) in [4.78, 5) is 19.8. The number of aromatic amines is 1. The molecule has 34 heavy (non-hydrogen) atoms. The van der Waals surface area contributed by atoms with E-state index in [1.807, 2.05) is 24.3 Å². The molecule has 0 fully saturated rings. The summed E-state index contributed by atoms with van der Waals surface area (Å²) in [6, 6.07) is 14.2. The third-order valence-electron chi connectivity index (χ3n) is 5.23. The standard InChI is InChI=1S/C25H20F3N3O3/c1-33-16-7-10-21(34-2)18(11-16)20-13-29-24(31-20)15-5-3-14(4-6-15)12-30-25(32)17-8-9-19(26)23(28)22(17)27/h3-11,13H,12H2,1-2H3,(H,29,31)(H,30,32). The summed E-state index contributed by atoms with van der Waals surface area (Å²) in [6.45, 7) is 0.0714. The Morgan fingerprint density at radius 3 is 2.44 bits per heavy atom. The molecule has 1 heterocycles. The maximum absolute atomic E-state index is 13.8. The van der Waals surface area contributed by atoms with Gasteiger partial charge in [0.05, 0.1) is 31.7 Å². The van der Waals surface area contributed by atoms with Crippen LogP contribution in [-0.4, -0.2) is 30.1 Å². The van der Waals surface area contributed by atoms with Gasteiger partial charge >= 0.3 is 0 Å². The minimum Gasteiger partial charge on any atom is -0.497 e. The maximum atomic E-state index is 13.8. The Morgan fingerprint density at radius 2 is 1.74 bits per heavy atom. The SMILES string of the molecule is COc1ccc(OC)c(-c2cnc(-c3ccc(CNC(=O)c4ccc(F)c(F)c4F)cc3)[nH]2)c1. The molecule has 0 aliphatic rings. The number of aromatic nitrogens is 2. The molecule has 3 aromatic carbocycles. The highest BCUT2D eigenvalue weighted by Crippen LogP contribution is 2.33. The number of carbonyl (C=O) groups excluding carboxylic acids is 1. The van der Waals surface area contributed by atoms with Gasteiger partial charge in [0.15, 0.2) is 17.5 Å². The van der Waals surface area contributed by atoms with Crippen LogP contribution in [0.5, 0.6) is 11.5 Å². The fourth-order valence-corrected chi connectivity index (χ4v) is 3.39. The van der Waals surface area contributed by atoms with Gasteiger partial charge in [0.2, 0.25) is 0 Å². The van der Waals surface area contributed by atoms with Crippen LogP contribution < -0.4 is 14.8 Å². The zero-order valence-electron chi connectivity index (χ0n) is 18.3. The second kappa shape index (κ2) is 9.70. The molecule has 174 valence electrons. The van der Waals surface area contributed by atoms with Gasteiger partial charge in [0.1, 0.15) is 17.3 Å². The number of H-pyrrole nitrogens is 1. The fourth-order valence-electron chi connectivity index (χ4n) is 3.39. The van der Waals surface area contributed by atoms with Gasteiger partial charge in [0.25, 0.3) is 5.91 Å². The molecule has 0 bridgehead atoms. The van der Waals surface area contributed by atoms with Crippen LogP contribution in [0.3, 0.4) is 0 Å². The van der Waals surface area contributed by atoms with E-state index in [-0.39, 0.29) is 6.54 Å². The molecule has 1 aromatic heterocycles. The molecule has 0 aliphatic heterocycles. The normalized spacial score (nSPS) is 10.7. The van der Waals surface area contributed by atoms with E-state index in [0.717, 1.165) is 28.5 Å². The zero-order valence-corrected chi connectivity index (χ0v) is 18.3. The minimum absolute atomic E-state index is 0.0714. The minimum atomic E-state index is -1.68. The molecule has 0 spiro atoms. The number of amides is 1. The molecule has 4 rings (SSSR count). The molecular formula is C25H20F3N3O3. The predicted molar refractivity (Wildman–Crippen MR) is 120 cm³/mol. The first-order chi connectivity index (χ1) is 16.4. The third kappa shape index (κ3) is 4.59. The Labute approximate surface area is 193 Å². The van der Waals surface area contributed by atoms with E-state index in [1.54, 1.807) is 38.6 Å². The Balaban J connectivity index is 1.46. The topological polar surface area (TPSA) is 76.2 Å². The molecule has 1 amide bonds. The smallest absolute Gasteiger partial charge is 0.254 e. The first kappa shape index (κ1) is 22.9. The highest BCUT2D eigenvalue weighted by molar-refractivity contribution is 5.94. The average Bonchev–Trinajstić information content (AvgIpc) is 3.36. The molecule has 2 N–H and O–H groups in total. The van der Waals surface area contributed by atoms with Gasteiger partial charge in [-0.05, 0) is 35.9 Å². The number of halogens is 3. The summed E-state index contributed by atoms with van der Waals surface area (Å²) in [5.74, 6) is -3.42. The van der Waals surface area contributed by atoms with E-state index in [1.165, 1.54) is 0 Å². The van der Waals surface area contributed by atoms with Crippen molar-refractivity contribution in [2.45, 2.75) is 6.54 Å². The number of imidazole rings is 1. The molecular weight excluding hydrogens is 447 g/mol. The molecule has 9 heteroatoms. The first-order valence-corrected chi connectivity index (χ1v) is 10.2. The van der Waals surface area contributed by atoms with Crippen LogP contribution in [0.15, 0.2) is 60.8 Å². The highest BCUT2D eigenvalue weighted by Gasteiger charge is 2.18. The fraction of sp³-hybridized carbons (Fsp3) is 0.120. The van der Waals surface area contributed by atoms with Crippen molar-refractivity contribution < 1.29 is 27.4 Å². The van der Waals surface area contributed by atoms with Crippen molar-refractivity contribution in [3.05, 3.63) is 89.4 Å². The van der Waals surface area contributed by atoms with E-state index in [4.69, 9.17) is 9.47 Å². The number of carbonyl (C=O) groups is 1. The van der Waals surface area contributed by atoms with Crippen molar-refractivity contribution in [2.24, 2.45) is 0 Å². The predicted octanol–water partition coefficient (Wildman–Crippen LogP) is 5.11. The van der Waals surface area contributed by atoms with Gasteiger partial charge < -0.3 is 19.8 Å². The number of nitrogens with one attached hydrogen (secondary N) is 2. The lowest BCUT2D eigenvalue weighted by atomic mass is 10.1. The third-order valence-corrected chi connectivity index (χ3v) is 5.23. The van der Waals surface area contributed by atoms with Crippen LogP contribution in [0.25, 0.3) is 22.6 Å². The van der Waals surface area contributed by atoms with E-state index in [2.05, 4.69) is 15.3 Å². The molecule has 0 aliphatic carbocycles. The highest BCUT2D eigenvalue weighted by atomic mass is 19.2. The number of benzene rings is 3. The van der Waals surface area contributed by atoms with Crippen molar-refractivity contribution in [3.63, 3.8) is 0 Å². The van der Waals surface area contributed by atoms with Gasteiger partial charge in [-0.2, -0.15) is 0 Å². The molecule has 0 unspecified atom stereocenters. The number of nitrogens with zero attached hydrogens (tertiary/aromatic N) is 1. The lowest BCUT2D eigenvalue weighted by Crippen LogP contribution is -2.24. The molecule has 0 atom stereocenters. The van der Waals surface area contributed by atoms with Crippen LogP contribution in [0.1, 0.15) is 15.9 Å². The number of hydrogen-bond acceptors (Lipinski definition) is 4. The molecule has 0 radical (unpaired) electrons. The zero-order chi connectivity index (χ0) is 24.2. The maximum Gasteiger partial charge on any atom is 0.254 e. The van der Waals surface area contributed by atoms with Crippen molar-refractivity contribution in [2.75, 3.05) is 14.2 Å². The van der Waals surface area contributed by atoms with Crippen molar-refractivity contribution >= 4 is 5.91 Å². The van der Waals surface area contributed by atoms with E-state index >= 15 is 0 Å². The van der Waals surface area contributed by atoms with E-state index in [9.17, 15) is 18.0 Å². The van der Waals surface area contributed by atoms with Crippen LogP contribution in [0, 0.1) is 17.5 Å². The Kier molecular flexibility index (Phi) is 6.53. The van der Waals surface area contributed by atoms with Crippen LogP contribution >= 0.6 is 0 Å². The monoisotopic (exact) mass is 467 g/mol. The first-order valence-electron chi connectivity index (χ1n) is 10.2. The van der Waals surface area contributed by atoms with Crippen molar-refractivity contribution in [1.29, 1.82) is 0 Å². The molecule has 6 nitrogen and oxygen atoms in total. The van der Waals surface area contributed by atoms with Gasteiger partial charge in [0, 0.05) is 17.7 Å². The summed E-state index contributed by atoms with van der Waals surface area (Å²) < 4.78 is 50.9. The van der Waals surface area contributed by atoms with Crippen LogP contribution in [0.2, 0.25) is 0 Å². The second-order valence-electron chi connectivity index (χ2n) is 7.31. The van der Waals surface area contributed by atoms with E-state index < -0.39 is 28.9 Å². The van der Waals surface area contributed by atoms with Gasteiger partial charge in [-0.3, -0.25) is 4.79 Å².